The molecule has 2 aromatic rings. The van der Waals surface area contributed by atoms with Gasteiger partial charge in [0.15, 0.2) is 11.9 Å². The van der Waals surface area contributed by atoms with E-state index in [1.54, 1.807) is 17.0 Å². The Bertz CT molecular complexity index is 1100. The molecule has 0 aliphatic carbocycles. The Morgan fingerprint density at radius 1 is 1.18 bits per heavy atom. The van der Waals surface area contributed by atoms with Crippen LogP contribution in [0.2, 0.25) is 5.02 Å². The van der Waals surface area contributed by atoms with Crippen molar-refractivity contribution in [3.63, 3.8) is 0 Å². The smallest absolute Gasteiger partial charge is 0.319 e. The van der Waals surface area contributed by atoms with Gasteiger partial charge in [-0.15, -0.1) is 0 Å². The molecule has 1 aliphatic rings. The number of nitrogens with one attached hydrogen (secondary N) is 3. The Kier molecular flexibility index (Phi) is 13.4. The number of halogens is 1. The number of esters is 1. The molecule has 1 aromatic carbocycles. The lowest BCUT2D eigenvalue weighted by molar-refractivity contribution is -0.390. The van der Waals surface area contributed by atoms with Crippen molar-refractivity contribution in [3.8, 4) is 0 Å². The highest BCUT2D eigenvalue weighted by Gasteiger charge is 2.37. The zero-order valence-corrected chi connectivity index (χ0v) is 24.2. The Morgan fingerprint density at radius 3 is 2.77 bits per heavy atom. The number of amides is 2. The molecule has 1 aliphatic heterocycles. The minimum Gasteiger partial charge on any atom is -0.465 e. The highest BCUT2D eigenvalue weighted by Crippen LogP contribution is 2.21. The molecule has 0 saturated carbocycles. The van der Waals surface area contributed by atoms with Crippen molar-refractivity contribution in [1.82, 2.24) is 15.5 Å². The number of hydrogen-bond acceptors (Lipinski definition) is 6. The third kappa shape index (κ3) is 9.87. The number of aromatic nitrogens is 1. The number of carbonyl (C=O) groups is 3. The highest BCUT2D eigenvalue weighted by molar-refractivity contribution is 6.30. The number of unbranched alkanes of at least 4 members (excludes halogenated alkanes) is 3. The summed E-state index contributed by atoms with van der Waals surface area (Å²) >= 11 is 6.14. The van der Waals surface area contributed by atoms with Gasteiger partial charge in [-0.25, -0.2) is 4.98 Å². The van der Waals surface area contributed by atoms with E-state index < -0.39 is 12.1 Å². The average Bonchev–Trinajstić information content (AvgIpc) is 3.46. The van der Waals surface area contributed by atoms with Crippen LogP contribution in [0.3, 0.4) is 0 Å². The van der Waals surface area contributed by atoms with Crippen LogP contribution in [-0.4, -0.2) is 54.5 Å². The van der Waals surface area contributed by atoms with Gasteiger partial charge in [-0.1, -0.05) is 49.9 Å². The van der Waals surface area contributed by atoms with Gasteiger partial charge in [0, 0.05) is 43.2 Å². The fourth-order valence-corrected chi connectivity index (χ4v) is 5.13. The lowest BCUT2D eigenvalue weighted by Gasteiger charge is -2.28. The molecule has 10 heteroatoms. The molecule has 0 bridgehead atoms. The Hall–Kier alpha value is -3.01. The number of likely N-dealkylation sites (tertiary alicyclic amines) is 1. The predicted octanol–water partition coefficient (Wildman–Crippen LogP) is 2.93. The third-order valence-electron chi connectivity index (χ3n) is 7.21. The van der Waals surface area contributed by atoms with Gasteiger partial charge in [0.2, 0.25) is 11.8 Å². The van der Waals surface area contributed by atoms with Crippen LogP contribution in [0, 0.1) is 0 Å². The number of aromatic amines is 1. The van der Waals surface area contributed by atoms with E-state index in [1.807, 2.05) is 30.5 Å². The molecule has 5 N–H and O–H groups in total. The van der Waals surface area contributed by atoms with E-state index in [9.17, 15) is 14.4 Å². The molecular formula is C30H43ClN5O4+. The number of ether oxygens (including phenoxy) is 1. The monoisotopic (exact) mass is 572 g/mol. The fraction of sp³-hybridized carbons (Fsp3) is 0.533. The second kappa shape index (κ2) is 16.9. The number of H-pyrrole nitrogens is 1. The number of rotatable bonds is 16. The number of carbonyl (C=O) groups excluding carboxylic acids is 3. The molecule has 1 aromatic heterocycles. The maximum Gasteiger partial charge on any atom is 0.319 e. The maximum absolute atomic E-state index is 13.7. The standard InChI is InChI=1S/C30H42ClN5O4/c1-2-3-4-7-17-40-28(37)21-34-26(14-13-25-9-5-6-15-33-25)30(39)36-16-8-10-27(36)29(38)35-20-23-18-24(31)12-11-22(23)19-32/h5-6,9,11-12,15,18,26-27,34H,2-4,7-8,10,13-14,16-17,19-21,32H2,1H3,(H,35,38)/p+1/t26-,27+/m1/s1. The molecule has 1 fully saturated rings. The van der Waals surface area contributed by atoms with Gasteiger partial charge in [0.1, 0.15) is 6.04 Å². The minimum atomic E-state index is -0.633. The average molecular weight is 573 g/mol. The summed E-state index contributed by atoms with van der Waals surface area (Å²) in [7, 11) is 0. The second-order valence-corrected chi connectivity index (χ2v) is 10.6. The van der Waals surface area contributed by atoms with Crippen LogP contribution in [0.4, 0.5) is 0 Å². The lowest BCUT2D eigenvalue weighted by Crippen LogP contribution is -2.53. The first-order valence-corrected chi connectivity index (χ1v) is 14.7. The molecule has 218 valence electrons. The molecule has 2 heterocycles. The van der Waals surface area contributed by atoms with Crippen molar-refractivity contribution >= 4 is 29.4 Å². The van der Waals surface area contributed by atoms with E-state index in [2.05, 4.69) is 22.5 Å². The summed E-state index contributed by atoms with van der Waals surface area (Å²) < 4.78 is 5.35. The van der Waals surface area contributed by atoms with Crippen LogP contribution in [0.25, 0.3) is 0 Å². The van der Waals surface area contributed by atoms with Crippen LogP contribution in [0.5, 0.6) is 0 Å². The number of nitrogens with zero attached hydrogens (tertiary/aromatic N) is 1. The Morgan fingerprint density at radius 2 is 2.02 bits per heavy atom. The van der Waals surface area contributed by atoms with Crippen molar-refractivity contribution in [2.24, 2.45) is 5.73 Å². The summed E-state index contributed by atoms with van der Waals surface area (Å²) in [6, 6.07) is 10.0. The molecule has 2 amide bonds. The molecular weight excluding hydrogens is 530 g/mol. The van der Waals surface area contributed by atoms with Gasteiger partial charge in [0.05, 0.1) is 19.2 Å². The topological polar surface area (TPSA) is 128 Å². The van der Waals surface area contributed by atoms with Crippen LogP contribution in [0.1, 0.15) is 68.7 Å². The van der Waals surface area contributed by atoms with Gasteiger partial charge in [-0.3, -0.25) is 19.7 Å². The molecule has 1 saturated heterocycles. The van der Waals surface area contributed by atoms with Crippen LogP contribution in [0.15, 0.2) is 42.6 Å². The summed E-state index contributed by atoms with van der Waals surface area (Å²) in [5.41, 5.74) is 8.58. The van der Waals surface area contributed by atoms with Gasteiger partial charge in [0.25, 0.3) is 0 Å². The van der Waals surface area contributed by atoms with Gasteiger partial charge < -0.3 is 20.7 Å². The highest BCUT2D eigenvalue weighted by atomic mass is 35.5. The first kappa shape index (κ1) is 31.5. The first-order chi connectivity index (χ1) is 19.4. The van der Waals surface area contributed by atoms with E-state index in [0.29, 0.717) is 44.0 Å². The summed E-state index contributed by atoms with van der Waals surface area (Å²) in [6.07, 6.45) is 8.31. The quantitative estimate of drug-likeness (QED) is 0.210. The van der Waals surface area contributed by atoms with Crippen molar-refractivity contribution in [2.75, 3.05) is 19.7 Å². The molecule has 0 spiro atoms. The molecule has 2 atom stereocenters. The molecule has 3 rings (SSSR count). The number of pyridine rings is 1. The molecule has 0 radical (unpaired) electrons. The third-order valence-corrected chi connectivity index (χ3v) is 7.44. The molecule has 40 heavy (non-hydrogen) atoms. The van der Waals surface area contributed by atoms with Crippen molar-refractivity contribution in [2.45, 2.75) is 83.5 Å². The zero-order chi connectivity index (χ0) is 28.7. The SMILES string of the molecule is CCCCCCOC(=O)CN[C@H](CCc1cccc[nH+]1)C(=O)N1CCC[C@H]1C(=O)NCc1cc(Cl)ccc1CN. The normalized spacial score (nSPS) is 15.6. The summed E-state index contributed by atoms with van der Waals surface area (Å²) in [4.78, 5) is 44.1. The van der Waals surface area contributed by atoms with Crippen LogP contribution >= 0.6 is 11.6 Å². The fourth-order valence-electron chi connectivity index (χ4n) is 4.93. The van der Waals surface area contributed by atoms with Crippen LogP contribution in [-0.2, 0) is 38.6 Å². The number of hydrogen-bond donors (Lipinski definition) is 3. The van der Waals surface area contributed by atoms with Crippen molar-refractivity contribution < 1.29 is 24.1 Å². The first-order valence-electron chi connectivity index (χ1n) is 14.3. The molecule has 9 nitrogen and oxygen atoms in total. The zero-order valence-electron chi connectivity index (χ0n) is 23.4. The van der Waals surface area contributed by atoms with E-state index in [0.717, 1.165) is 48.9 Å². The minimum absolute atomic E-state index is 0.0655. The van der Waals surface area contributed by atoms with E-state index >= 15 is 0 Å². The largest absolute Gasteiger partial charge is 0.465 e. The number of nitrogens with two attached hydrogens (primary N) is 1. The van der Waals surface area contributed by atoms with Gasteiger partial charge in [-0.2, -0.15) is 0 Å². The summed E-state index contributed by atoms with van der Waals surface area (Å²) in [6.45, 7) is 3.55. The van der Waals surface area contributed by atoms with Crippen molar-refractivity contribution in [3.05, 3.63) is 64.4 Å². The van der Waals surface area contributed by atoms with Gasteiger partial charge >= 0.3 is 5.97 Å². The lowest BCUT2D eigenvalue weighted by atomic mass is 10.1. The number of benzene rings is 1. The maximum atomic E-state index is 13.7. The van der Waals surface area contributed by atoms with E-state index in [-0.39, 0.29) is 30.9 Å². The second-order valence-electron chi connectivity index (χ2n) is 10.2. The summed E-state index contributed by atoms with van der Waals surface area (Å²) in [5.74, 6) is -0.779. The van der Waals surface area contributed by atoms with Gasteiger partial charge in [-0.05, 0) is 48.9 Å². The van der Waals surface area contributed by atoms with E-state index in [4.69, 9.17) is 22.1 Å². The summed E-state index contributed by atoms with van der Waals surface area (Å²) in [5, 5.41) is 6.66. The predicted molar refractivity (Wildman–Crippen MR) is 154 cm³/mol. The number of aryl methyl sites for hydroxylation is 1. The molecule has 0 unspecified atom stereocenters. The van der Waals surface area contributed by atoms with E-state index in [1.165, 1.54) is 0 Å². The Labute approximate surface area is 242 Å². The Balaban J connectivity index is 1.62. The van der Waals surface area contributed by atoms with Crippen molar-refractivity contribution in [1.29, 1.82) is 0 Å². The van der Waals surface area contributed by atoms with Crippen LogP contribution < -0.4 is 21.4 Å².